The van der Waals surface area contributed by atoms with Crippen LogP contribution in [0.4, 0.5) is 0 Å². The molecule has 3 aromatic rings. The zero-order valence-electron chi connectivity index (χ0n) is 14.6. The average molecular weight is 355 g/mol. The molecule has 0 bridgehead atoms. The summed E-state index contributed by atoms with van der Waals surface area (Å²) >= 11 is 6.46. The van der Waals surface area contributed by atoms with Gasteiger partial charge in [0.15, 0.2) is 0 Å². The highest BCUT2D eigenvalue weighted by Crippen LogP contribution is 2.34. The fraction of sp³-hybridized carbons (Fsp3) is 0.286. The molecule has 2 aromatic carbocycles. The lowest BCUT2D eigenvalue weighted by molar-refractivity contribution is -0.121. The Kier molecular flexibility index (Phi) is 5.44. The molecule has 4 heteroatoms. The summed E-state index contributed by atoms with van der Waals surface area (Å²) in [7, 11) is 0. The lowest BCUT2D eigenvalue weighted by atomic mass is 9.90. The van der Waals surface area contributed by atoms with E-state index >= 15 is 0 Å². The van der Waals surface area contributed by atoms with Crippen LogP contribution in [0.3, 0.4) is 0 Å². The number of carbonyl (C=O) groups is 1. The summed E-state index contributed by atoms with van der Waals surface area (Å²) in [5.41, 5.74) is 3.26. The molecule has 0 fully saturated rings. The molecule has 1 aromatic heterocycles. The topological polar surface area (TPSA) is 44.9 Å². The third kappa shape index (κ3) is 4.05. The molecule has 25 heavy (non-hydrogen) atoms. The second-order valence-corrected chi connectivity index (χ2v) is 7.17. The van der Waals surface area contributed by atoms with Gasteiger partial charge in [0, 0.05) is 41.0 Å². The Morgan fingerprint density at radius 1 is 1.08 bits per heavy atom. The number of carbonyl (C=O) groups excluding carboxylic acids is 1. The Balaban J connectivity index is 1.95. The summed E-state index contributed by atoms with van der Waals surface area (Å²) in [6, 6.07) is 16.0. The summed E-state index contributed by atoms with van der Waals surface area (Å²) in [4.78, 5) is 15.5. The Morgan fingerprint density at radius 2 is 1.80 bits per heavy atom. The smallest absolute Gasteiger partial charge is 0.220 e. The van der Waals surface area contributed by atoms with E-state index in [0.717, 1.165) is 27.1 Å². The second-order valence-electron chi connectivity index (χ2n) is 6.77. The molecule has 0 saturated heterocycles. The fourth-order valence-corrected chi connectivity index (χ4v) is 3.45. The summed E-state index contributed by atoms with van der Waals surface area (Å²) in [5, 5.41) is 4.96. The lowest BCUT2D eigenvalue weighted by Gasteiger charge is -2.20. The van der Waals surface area contributed by atoms with Gasteiger partial charge < -0.3 is 10.3 Å². The number of hydrogen-bond donors (Lipinski definition) is 2. The van der Waals surface area contributed by atoms with Gasteiger partial charge >= 0.3 is 0 Å². The van der Waals surface area contributed by atoms with Gasteiger partial charge in [-0.3, -0.25) is 4.79 Å². The van der Waals surface area contributed by atoms with Crippen molar-refractivity contribution in [1.82, 2.24) is 10.3 Å². The predicted molar refractivity (Wildman–Crippen MR) is 104 cm³/mol. The molecular weight excluding hydrogens is 332 g/mol. The quantitative estimate of drug-likeness (QED) is 0.634. The van der Waals surface area contributed by atoms with Crippen LogP contribution in [0.5, 0.6) is 0 Å². The molecule has 130 valence electrons. The molecule has 1 atom stereocenters. The first-order valence-corrected chi connectivity index (χ1v) is 9.01. The van der Waals surface area contributed by atoms with Gasteiger partial charge in [-0.05, 0) is 29.2 Å². The lowest BCUT2D eigenvalue weighted by Crippen LogP contribution is -2.29. The van der Waals surface area contributed by atoms with Gasteiger partial charge in [0.05, 0.1) is 0 Å². The molecule has 0 radical (unpaired) electrons. The highest BCUT2D eigenvalue weighted by atomic mass is 35.5. The van der Waals surface area contributed by atoms with Crippen LogP contribution < -0.4 is 5.32 Å². The maximum absolute atomic E-state index is 12.2. The Morgan fingerprint density at radius 3 is 2.56 bits per heavy atom. The minimum atomic E-state index is 0.000891. The molecule has 0 aliphatic rings. The van der Waals surface area contributed by atoms with Crippen molar-refractivity contribution in [1.29, 1.82) is 0 Å². The molecule has 1 heterocycles. The average Bonchev–Trinajstić information content (AvgIpc) is 3.00. The van der Waals surface area contributed by atoms with E-state index in [2.05, 4.69) is 22.4 Å². The molecule has 2 N–H and O–H groups in total. The summed E-state index contributed by atoms with van der Waals surface area (Å²) < 4.78 is 0. The first-order chi connectivity index (χ1) is 12.1. The molecule has 0 aliphatic carbocycles. The van der Waals surface area contributed by atoms with E-state index in [1.807, 2.05) is 56.4 Å². The van der Waals surface area contributed by atoms with Crippen molar-refractivity contribution in [3.63, 3.8) is 0 Å². The third-order valence-electron chi connectivity index (χ3n) is 4.37. The summed E-state index contributed by atoms with van der Waals surface area (Å²) in [5.74, 6) is 0.416. The minimum absolute atomic E-state index is 0.000891. The molecule has 1 amide bonds. The first-order valence-electron chi connectivity index (χ1n) is 8.63. The Bertz CT molecular complexity index is 869. The summed E-state index contributed by atoms with van der Waals surface area (Å²) in [6.45, 7) is 4.62. The molecule has 0 saturated carbocycles. The van der Waals surface area contributed by atoms with Crippen LogP contribution in [0.1, 0.15) is 37.3 Å². The number of amides is 1. The zero-order chi connectivity index (χ0) is 17.8. The summed E-state index contributed by atoms with van der Waals surface area (Å²) in [6.07, 6.45) is 2.55. The molecule has 0 unspecified atom stereocenters. The largest absolute Gasteiger partial charge is 0.361 e. The van der Waals surface area contributed by atoms with Crippen molar-refractivity contribution < 1.29 is 4.79 Å². The van der Waals surface area contributed by atoms with Gasteiger partial charge in [-0.25, -0.2) is 0 Å². The van der Waals surface area contributed by atoms with Gasteiger partial charge in [0.2, 0.25) is 5.91 Å². The zero-order valence-corrected chi connectivity index (χ0v) is 15.3. The molecule has 0 spiro atoms. The highest BCUT2D eigenvalue weighted by Gasteiger charge is 2.21. The third-order valence-corrected chi connectivity index (χ3v) is 4.72. The van der Waals surface area contributed by atoms with E-state index in [9.17, 15) is 4.79 Å². The second kappa shape index (κ2) is 7.75. The van der Waals surface area contributed by atoms with Crippen molar-refractivity contribution in [3.05, 3.63) is 70.9 Å². The van der Waals surface area contributed by atoms with Crippen molar-refractivity contribution in [2.45, 2.75) is 26.2 Å². The maximum Gasteiger partial charge on any atom is 0.220 e. The number of hydrogen-bond acceptors (Lipinski definition) is 1. The van der Waals surface area contributed by atoms with Crippen LogP contribution >= 0.6 is 11.6 Å². The Hall–Kier alpha value is -2.26. The first kappa shape index (κ1) is 17.6. The van der Waals surface area contributed by atoms with Crippen molar-refractivity contribution in [2.24, 2.45) is 5.92 Å². The maximum atomic E-state index is 12.2. The van der Waals surface area contributed by atoms with Crippen molar-refractivity contribution >= 4 is 28.4 Å². The number of nitrogens with one attached hydrogen (secondary N) is 2. The van der Waals surface area contributed by atoms with Gasteiger partial charge in [-0.1, -0.05) is 61.8 Å². The minimum Gasteiger partial charge on any atom is -0.361 e. The number of benzene rings is 2. The predicted octanol–water partition coefficient (Wildman–Crippen LogP) is 5.12. The van der Waals surface area contributed by atoms with E-state index in [0.29, 0.717) is 18.9 Å². The molecular formula is C21H23ClN2O. The number of aromatic nitrogens is 1. The molecule has 3 rings (SSSR count). The van der Waals surface area contributed by atoms with E-state index in [4.69, 9.17) is 11.6 Å². The van der Waals surface area contributed by atoms with E-state index in [-0.39, 0.29) is 11.8 Å². The van der Waals surface area contributed by atoms with Gasteiger partial charge in [0.1, 0.15) is 0 Å². The van der Waals surface area contributed by atoms with Crippen molar-refractivity contribution in [3.8, 4) is 0 Å². The molecule has 0 aliphatic heterocycles. The number of halogens is 1. The monoisotopic (exact) mass is 354 g/mol. The van der Waals surface area contributed by atoms with Crippen LogP contribution in [0, 0.1) is 5.92 Å². The number of aromatic amines is 1. The Labute approximate surface area is 153 Å². The SMILES string of the molecule is CC(C)CC(=O)NC[C@H](c1ccccc1Cl)c1c[nH]c2ccccc12. The fourth-order valence-electron chi connectivity index (χ4n) is 3.19. The normalized spacial score (nSPS) is 12.5. The van der Waals surface area contributed by atoms with E-state index in [1.165, 1.54) is 0 Å². The number of H-pyrrole nitrogens is 1. The highest BCUT2D eigenvalue weighted by molar-refractivity contribution is 6.31. The van der Waals surface area contributed by atoms with Gasteiger partial charge in [0.25, 0.3) is 0 Å². The van der Waals surface area contributed by atoms with Crippen LogP contribution in [0.25, 0.3) is 10.9 Å². The number of fused-ring (bicyclic) bond motifs is 1. The van der Waals surface area contributed by atoms with E-state index in [1.54, 1.807) is 0 Å². The standard InChI is InChI=1S/C21H23ClN2O/c1-14(2)11-21(25)24-13-17(15-7-3-5-9-19(15)22)18-12-23-20-10-6-4-8-16(18)20/h3-10,12,14,17,23H,11,13H2,1-2H3,(H,24,25)/t17-/m1/s1. The van der Waals surface area contributed by atoms with Crippen LogP contribution in [-0.4, -0.2) is 17.4 Å². The van der Waals surface area contributed by atoms with Crippen LogP contribution in [-0.2, 0) is 4.79 Å². The number of para-hydroxylation sites is 1. The van der Waals surface area contributed by atoms with Crippen LogP contribution in [0.15, 0.2) is 54.7 Å². The van der Waals surface area contributed by atoms with Crippen molar-refractivity contribution in [2.75, 3.05) is 6.54 Å². The van der Waals surface area contributed by atoms with Crippen LogP contribution in [0.2, 0.25) is 5.02 Å². The van der Waals surface area contributed by atoms with E-state index < -0.39 is 0 Å². The molecule has 3 nitrogen and oxygen atoms in total. The number of rotatable bonds is 6. The van der Waals surface area contributed by atoms with Gasteiger partial charge in [-0.15, -0.1) is 0 Å². The van der Waals surface area contributed by atoms with Gasteiger partial charge in [-0.2, -0.15) is 0 Å².